The van der Waals surface area contributed by atoms with Crippen LogP contribution in [0.25, 0.3) is 17.1 Å². The van der Waals surface area contributed by atoms with Crippen molar-refractivity contribution in [2.24, 2.45) is 0 Å². The van der Waals surface area contributed by atoms with Gasteiger partial charge in [0.25, 0.3) is 0 Å². The molecule has 1 atom stereocenters. The molecule has 3 N–H and O–H groups in total. The predicted octanol–water partition coefficient (Wildman–Crippen LogP) is 2.68. The number of hydrogen-bond acceptors (Lipinski definition) is 4. The first-order chi connectivity index (χ1) is 10.8. The molecule has 0 spiro atoms. The van der Waals surface area contributed by atoms with Crippen LogP contribution in [0.5, 0.6) is 0 Å². The van der Waals surface area contributed by atoms with Gasteiger partial charge in [-0.1, -0.05) is 18.2 Å². The van der Waals surface area contributed by atoms with Crippen LogP contribution < -0.4 is 11.1 Å². The maximum Gasteiger partial charge on any atom is 0.142 e. The van der Waals surface area contributed by atoms with Gasteiger partial charge in [0, 0.05) is 17.7 Å². The fraction of sp³-hybridized carbons (Fsp3) is 0.222. The molecule has 4 nitrogen and oxygen atoms in total. The Bertz CT molecular complexity index is 907. The van der Waals surface area contributed by atoms with Gasteiger partial charge in [0.1, 0.15) is 5.82 Å². The van der Waals surface area contributed by atoms with Crippen molar-refractivity contribution in [3.63, 3.8) is 0 Å². The number of aromatic nitrogens is 2. The molecule has 1 aromatic heterocycles. The van der Waals surface area contributed by atoms with Crippen molar-refractivity contribution in [1.29, 1.82) is 0 Å². The van der Waals surface area contributed by atoms with Crippen LogP contribution >= 0.6 is 0 Å². The molecule has 2 aromatic rings. The minimum absolute atomic E-state index is 0.0832. The van der Waals surface area contributed by atoms with Crippen LogP contribution in [0.1, 0.15) is 24.0 Å². The molecule has 1 saturated heterocycles. The molecule has 2 heterocycles. The van der Waals surface area contributed by atoms with Gasteiger partial charge in [0.15, 0.2) is 0 Å². The van der Waals surface area contributed by atoms with E-state index in [0.717, 1.165) is 30.4 Å². The second-order valence-corrected chi connectivity index (χ2v) is 6.25. The van der Waals surface area contributed by atoms with E-state index in [-0.39, 0.29) is 5.41 Å². The lowest BCUT2D eigenvalue weighted by atomic mass is 9.61. The van der Waals surface area contributed by atoms with Crippen LogP contribution in [0.15, 0.2) is 47.8 Å². The van der Waals surface area contributed by atoms with Gasteiger partial charge in [0.05, 0.1) is 17.2 Å². The van der Waals surface area contributed by atoms with Gasteiger partial charge in [-0.05, 0) is 47.8 Å². The number of piperidine rings is 1. The van der Waals surface area contributed by atoms with Crippen molar-refractivity contribution in [2.45, 2.75) is 18.3 Å². The Kier molecular flexibility index (Phi) is 2.16. The second-order valence-electron chi connectivity index (χ2n) is 6.25. The third kappa shape index (κ3) is 1.42. The van der Waals surface area contributed by atoms with Crippen LogP contribution in [0.3, 0.4) is 0 Å². The van der Waals surface area contributed by atoms with Gasteiger partial charge in [0.2, 0.25) is 0 Å². The summed E-state index contributed by atoms with van der Waals surface area (Å²) in [5, 5.41) is 3.55. The molecule has 0 saturated carbocycles. The first-order valence-corrected chi connectivity index (χ1v) is 7.66. The number of benzene rings is 1. The molecule has 22 heavy (non-hydrogen) atoms. The Balaban J connectivity index is 1.86. The third-order valence-electron chi connectivity index (χ3n) is 5.09. The third-order valence-corrected chi connectivity index (χ3v) is 5.09. The largest absolute Gasteiger partial charge is 0.385 e. The first-order valence-electron chi connectivity index (χ1n) is 7.66. The zero-order valence-corrected chi connectivity index (χ0v) is 12.1. The first kappa shape index (κ1) is 12.0. The van der Waals surface area contributed by atoms with E-state index in [0.29, 0.717) is 5.82 Å². The van der Waals surface area contributed by atoms with Crippen molar-refractivity contribution in [2.75, 3.05) is 12.3 Å². The van der Waals surface area contributed by atoms with Crippen LogP contribution in [-0.4, -0.2) is 16.5 Å². The number of rotatable bonds is 0. The Morgan fingerprint density at radius 1 is 1.23 bits per heavy atom. The van der Waals surface area contributed by atoms with Gasteiger partial charge >= 0.3 is 0 Å². The maximum atomic E-state index is 5.81. The van der Waals surface area contributed by atoms with E-state index >= 15 is 0 Å². The molecule has 2 aliphatic carbocycles. The molecule has 5 rings (SSSR count). The van der Waals surface area contributed by atoms with E-state index in [4.69, 9.17) is 5.73 Å². The highest BCUT2D eigenvalue weighted by atomic mass is 14.9. The number of nitrogens with two attached hydrogens (primary N) is 1. The molecule has 0 amide bonds. The van der Waals surface area contributed by atoms with Crippen molar-refractivity contribution in [3.05, 3.63) is 59.0 Å². The summed E-state index contributed by atoms with van der Waals surface area (Å²) < 4.78 is 0. The predicted molar refractivity (Wildman–Crippen MR) is 88.1 cm³/mol. The maximum absolute atomic E-state index is 5.81. The van der Waals surface area contributed by atoms with E-state index in [2.05, 4.69) is 51.7 Å². The fourth-order valence-electron chi connectivity index (χ4n) is 4.09. The molecular formula is C18H16N4. The summed E-state index contributed by atoms with van der Waals surface area (Å²) in [5.41, 5.74) is 13.0. The SMILES string of the molecule is Nc1cnc2cc3c(cc2n1)C12CC=CC=C1C(=C3)NCC2. The summed E-state index contributed by atoms with van der Waals surface area (Å²) in [4.78, 5) is 8.88. The molecule has 108 valence electrons. The number of nitrogens with zero attached hydrogens (tertiary/aromatic N) is 2. The summed E-state index contributed by atoms with van der Waals surface area (Å²) in [5.74, 6) is 0.474. The summed E-state index contributed by atoms with van der Waals surface area (Å²) in [7, 11) is 0. The highest BCUT2D eigenvalue weighted by Crippen LogP contribution is 2.51. The van der Waals surface area contributed by atoms with Gasteiger partial charge < -0.3 is 11.1 Å². The van der Waals surface area contributed by atoms with Crippen molar-refractivity contribution in [1.82, 2.24) is 15.3 Å². The molecule has 1 aromatic carbocycles. The van der Waals surface area contributed by atoms with E-state index in [1.54, 1.807) is 6.20 Å². The Labute approximate surface area is 128 Å². The second kappa shape index (κ2) is 3.97. The molecular weight excluding hydrogens is 272 g/mol. The summed E-state index contributed by atoms with van der Waals surface area (Å²) in [6, 6.07) is 4.33. The summed E-state index contributed by atoms with van der Waals surface area (Å²) in [6.07, 6.45) is 12.7. The van der Waals surface area contributed by atoms with Crippen molar-refractivity contribution < 1.29 is 0 Å². The molecule has 3 aliphatic rings. The minimum Gasteiger partial charge on any atom is -0.385 e. The van der Waals surface area contributed by atoms with Gasteiger partial charge in [-0.2, -0.15) is 0 Å². The topological polar surface area (TPSA) is 63.8 Å². The van der Waals surface area contributed by atoms with Crippen molar-refractivity contribution in [3.8, 4) is 0 Å². The molecule has 0 radical (unpaired) electrons. The van der Waals surface area contributed by atoms with Crippen LogP contribution in [0.4, 0.5) is 5.82 Å². The van der Waals surface area contributed by atoms with Crippen LogP contribution in [-0.2, 0) is 5.41 Å². The highest BCUT2D eigenvalue weighted by molar-refractivity contribution is 5.84. The van der Waals surface area contributed by atoms with Gasteiger partial charge in [-0.25, -0.2) is 4.98 Å². The lowest BCUT2D eigenvalue weighted by Gasteiger charge is -2.46. The van der Waals surface area contributed by atoms with E-state index in [1.165, 1.54) is 22.4 Å². The number of allylic oxidation sites excluding steroid dienone is 4. The number of nitrogens with one attached hydrogen (secondary N) is 1. The summed E-state index contributed by atoms with van der Waals surface area (Å²) >= 11 is 0. The molecule has 1 aliphatic heterocycles. The van der Waals surface area contributed by atoms with Crippen molar-refractivity contribution >= 4 is 22.9 Å². The molecule has 1 unspecified atom stereocenters. The monoisotopic (exact) mass is 288 g/mol. The summed E-state index contributed by atoms with van der Waals surface area (Å²) in [6.45, 7) is 1.01. The zero-order valence-electron chi connectivity index (χ0n) is 12.1. The van der Waals surface area contributed by atoms with Crippen LogP contribution in [0, 0.1) is 0 Å². The molecule has 1 fully saturated rings. The molecule has 2 bridgehead atoms. The lowest BCUT2D eigenvalue weighted by molar-refractivity contribution is 0.419. The normalized spacial score (nSPS) is 24.9. The van der Waals surface area contributed by atoms with E-state index in [9.17, 15) is 0 Å². The van der Waals surface area contributed by atoms with Gasteiger partial charge in [-0.15, -0.1) is 0 Å². The van der Waals surface area contributed by atoms with Gasteiger partial charge in [-0.3, -0.25) is 4.98 Å². The lowest BCUT2D eigenvalue weighted by Crippen LogP contribution is -2.43. The average Bonchev–Trinajstić information content (AvgIpc) is 2.54. The Hall–Kier alpha value is -2.62. The smallest absolute Gasteiger partial charge is 0.142 e. The fourth-order valence-corrected chi connectivity index (χ4v) is 4.09. The highest BCUT2D eigenvalue weighted by Gasteiger charge is 2.44. The number of hydrogen-bond donors (Lipinski definition) is 2. The van der Waals surface area contributed by atoms with E-state index < -0.39 is 0 Å². The zero-order chi connectivity index (χ0) is 14.7. The average molecular weight is 288 g/mol. The number of anilines is 1. The quantitative estimate of drug-likeness (QED) is 0.782. The Morgan fingerprint density at radius 3 is 3.14 bits per heavy atom. The molecule has 4 heteroatoms. The standard InChI is InChI=1S/C18H16N4/c19-17-10-21-15-8-11-7-14-12-3-1-2-4-18(12,5-6-20-14)13(11)9-16(15)22-17/h1-3,7-10,20H,4-6H2,(H2,19,22). The van der Waals surface area contributed by atoms with Crippen LogP contribution in [0.2, 0.25) is 0 Å². The number of nitrogen functional groups attached to an aromatic ring is 1. The Morgan fingerprint density at radius 2 is 2.18 bits per heavy atom. The van der Waals surface area contributed by atoms with E-state index in [1.807, 2.05) is 0 Å². The number of fused-ring (bicyclic) bond motifs is 2. The minimum atomic E-state index is 0.0832.